The van der Waals surface area contributed by atoms with Gasteiger partial charge in [-0.3, -0.25) is 4.90 Å². The van der Waals surface area contributed by atoms with E-state index in [9.17, 15) is 0 Å². The summed E-state index contributed by atoms with van der Waals surface area (Å²) in [6.45, 7) is 6.45. The van der Waals surface area contributed by atoms with Crippen LogP contribution in [-0.2, 0) is 11.3 Å². The maximum absolute atomic E-state index is 5.62. The van der Waals surface area contributed by atoms with E-state index in [4.69, 9.17) is 14.7 Å². The SMILES string of the molecule is CN(C)C1CCN(Cc2cc3nc(-c4c[nH]c5ncccc45)nc(N4CCOCC4)c3s2)CC1. The van der Waals surface area contributed by atoms with Gasteiger partial charge in [0.05, 0.1) is 23.4 Å². The van der Waals surface area contributed by atoms with E-state index in [0.717, 1.165) is 79.7 Å². The van der Waals surface area contributed by atoms with Gasteiger partial charge in [0.15, 0.2) is 11.6 Å². The molecule has 2 aliphatic heterocycles. The number of fused-ring (bicyclic) bond motifs is 2. The Morgan fingerprint density at radius 1 is 1.15 bits per heavy atom. The van der Waals surface area contributed by atoms with Gasteiger partial charge in [-0.05, 0) is 45.1 Å². The van der Waals surface area contributed by atoms with Crippen LogP contribution in [0.15, 0.2) is 30.6 Å². The van der Waals surface area contributed by atoms with Crippen molar-refractivity contribution in [2.75, 3.05) is 58.4 Å². The van der Waals surface area contributed by atoms with Crippen molar-refractivity contribution < 1.29 is 4.74 Å². The molecule has 0 bridgehead atoms. The fourth-order valence-corrected chi connectivity index (χ4v) is 6.26. The van der Waals surface area contributed by atoms with Crippen LogP contribution in [-0.4, -0.2) is 89.3 Å². The van der Waals surface area contributed by atoms with Crippen molar-refractivity contribution in [3.05, 3.63) is 35.5 Å². The number of hydrogen-bond donors (Lipinski definition) is 1. The highest BCUT2D eigenvalue weighted by Crippen LogP contribution is 2.36. The van der Waals surface area contributed by atoms with Gasteiger partial charge in [-0.2, -0.15) is 0 Å². The van der Waals surface area contributed by atoms with Crippen molar-refractivity contribution in [2.45, 2.75) is 25.4 Å². The van der Waals surface area contributed by atoms with E-state index in [1.165, 1.54) is 22.4 Å². The molecular weight excluding hydrogens is 446 g/mol. The molecule has 2 saturated heterocycles. The molecule has 0 amide bonds. The number of H-pyrrole nitrogens is 1. The van der Waals surface area contributed by atoms with Gasteiger partial charge in [0, 0.05) is 67.0 Å². The second-order valence-electron chi connectivity index (χ2n) is 9.47. The summed E-state index contributed by atoms with van der Waals surface area (Å²) in [5.74, 6) is 1.79. The van der Waals surface area contributed by atoms with E-state index < -0.39 is 0 Å². The third-order valence-corrected chi connectivity index (χ3v) is 8.18. The zero-order valence-corrected chi connectivity index (χ0v) is 20.6. The quantitative estimate of drug-likeness (QED) is 0.471. The standard InChI is InChI=1S/C25H31N7OS/c1-30(2)17-5-8-31(9-6-17)16-18-14-21-22(34-18)25(32-10-12-33-13-11-32)29-24(28-21)20-15-27-23-19(20)4-3-7-26-23/h3-4,7,14-15,17H,5-6,8-13,16H2,1-2H3,(H,26,27). The van der Waals surface area contributed by atoms with Gasteiger partial charge in [-0.25, -0.2) is 15.0 Å². The minimum Gasteiger partial charge on any atom is -0.378 e. The van der Waals surface area contributed by atoms with Crippen molar-refractivity contribution in [1.29, 1.82) is 0 Å². The number of anilines is 1. The van der Waals surface area contributed by atoms with Crippen molar-refractivity contribution in [2.24, 2.45) is 0 Å². The molecule has 1 N–H and O–H groups in total. The molecule has 0 spiro atoms. The fraction of sp³-hybridized carbons (Fsp3) is 0.480. The Kier molecular flexibility index (Phi) is 5.94. The van der Waals surface area contributed by atoms with Crippen LogP contribution in [0.5, 0.6) is 0 Å². The number of nitrogens with one attached hydrogen (secondary N) is 1. The Balaban J connectivity index is 1.36. The molecule has 9 heteroatoms. The molecule has 2 aliphatic rings. The van der Waals surface area contributed by atoms with Crippen LogP contribution < -0.4 is 4.90 Å². The molecule has 2 fully saturated rings. The van der Waals surface area contributed by atoms with Crippen molar-refractivity contribution in [3.8, 4) is 11.4 Å². The predicted octanol–water partition coefficient (Wildman–Crippen LogP) is 3.60. The number of rotatable bonds is 5. The van der Waals surface area contributed by atoms with Gasteiger partial charge < -0.3 is 19.5 Å². The molecule has 4 aromatic rings. The number of hydrogen-bond acceptors (Lipinski definition) is 8. The molecule has 0 aromatic carbocycles. The lowest BCUT2D eigenvalue weighted by Gasteiger charge is -2.34. The molecule has 178 valence electrons. The molecule has 34 heavy (non-hydrogen) atoms. The molecule has 0 aliphatic carbocycles. The van der Waals surface area contributed by atoms with Gasteiger partial charge in [0.2, 0.25) is 0 Å². The monoisotopic (exact) mass is 477 g/mol. The summed E-state index contributed by atoms with van der Waals surface area (Å²) in [4.78, 5) is 26.5. The zero-order valence-electron chi connectivity index (χ0n) is 19.8. The Labute approximate surface area is 203 Å². The van der Waals surface area contributed by atoms with E-state index in [1.807, 2.05) is 23.6 Å². The summed E-state index contributed by atoms with van der Waals surface area (Å²) in [6, 6.07) is 7.02. The first-order chi connectivity index (χ1) is 16.7. The molecule has 6 heterocycles. The number of aromatic amines is 1. The molecule has 0 radical (unpaired) electrons. The van der Waals surface area contributed by atoms with Crippen LogP contribution in [0.25, 0.3) is 32.6 Å². The first-order valence-electron chi connectivity index (χ1n) is 12.1. The lowest BCUT2D eigenvalue weighted by atomic mass is 10.0. The normalized spacial score (nSPS) is 18.5. The van der Waals surface area contributed by atoms with Gasteiger partial charge in [0.1, 0.15) is 5.65 Å². The average Bonchev–Trinajstić information content (AvgIpc) is 3.48. The number of aromatic nitrogens is 4. The number of thiophene rings is 1. The fourth-order valence-electron chi connectivity index (χ4n) is 5.11. The lowest BCUT2D eigenvalue weighted by molar-refractivity contribution is 0.122. The smallest absolute Gasteiger partial charge is 0.164 e. The largest absolute Gasteiger partial charge is 0.378 e. The molecule has 4 aromatic heterocycles. The second kappa shape index (κ2) is 9.22. The third-order valence-electron chi connectivity index (χ3n) is 7.07. The summed E-state index contributed by atoms with van der Waals surface area (Å²) in [6.07, 6.45) is 6.24. The Morgan fingerprint density at radius 3 is 2.76 bits per heavy atom. The number of ether oxygens (including phenoxy) is 1. The van der Waals surface area contributed by atoms with Crippen LogP contribution in [0, 0.1) is 0 Å². The number of morpholine rings is 1. The lowest BCUT2D eigenvalue weighted by Crippen LogP contribution is -2.41. The summed E-state index contributed by atoms with van der Waals surface area (Å²) in [5.41, 5.74) is 2.90. The van der Waals surface area contributed by atoms with E-state index in [2.05, 4.69) is 50.9 Å². The highest BCUT2D eigenvalue weighted by atomic mass is 32.1. The molecular formula is C25H31N7OS. The van der Waals surface area contributed by atoms with Crippen LogP contribution in [0.2, 0.25) is 0 Å². The molecule has 0 unspecified atom stereocenters. The Bertz CT molecular complexity index is 1290. The highest BCUT2D eigenvalue weighted by Gasteiger charge is 2.24. The number of nitrogens with zero attached hydrogens (tertiary/aromatic N) is 6. The van der Waals surface area contributed by atoms with Crippen LogP contribution in [0.4, 0.5) is 5.82 Å². The van der Waals surface area contributed by atoms with E-state index in [-0.39, 0.29) is 0 Å². The molecule has 0 saturated carbocycles. The minimum atomic E-state index is 0.700. The van der Waals surface area contributed by atoms with E-state index >= 15 is 0 Å². The van der Waals surface area contributed by atoms with Gasteiger partial charge in [-0.15, -0.1) is 11.3 Å². The molecule has 6 rings (SSSR count). The van der Waals surface area contributed by atoms with Crippen molar-refractivity contribution >= 4 is 38.4 Å². The van der Waals surface area contributed by atoms with Crippen LogP contribution in [0.3, 0.4) is 0 Å². The van der Waals surface area contributed by atoms with Gasteiger partial charge in [0.25, 0.3) is 0 Å². The number of likely N-dealkylation sites (tertiary alicyclic amines) is 1. The van der Waals surface area contributed by atoms with Crippen molar-refractivity contribution in [3.63, 3.8) is 0 Å². The first-order valence-corrected chi connectivity index (χ1v) is 12.9. The van der Waals surface area contributed by atoms with Gasteiger partial charge >= 0.3 is 0 Å². The minimum absolute atomic E-state index is 0.700. The summed E-state index contributed by atoms with van der Waals surface area (Å²) >= 11 is 1.85. The maximum Gasteiger partial charge on any atom is 0.164 e. The Hall–Kier alpha value is -2.59. The predicted molar refractivity (Wildman–Crippen MR) is 138 cm³/mol. The number of pyridine rings is 1. The Morgan fingerprint density at radius 2 is 1.97 bits per heavy atom. The first kappa shape index (κ1) is 21.9. The second-order valence-corrected chi connectivity index (χ2v) is 10.6. The number of piperidine rings is 1. The maximum atomic E-state index is 5.62. The molecule has 8 nitrogen and oxygen atoms in total. The zero-order chi connectivity index (χ0) is 23.1. The third kappa shape index (κ3) is 4.17. The van der Waals surface area contributed by atoms with Crippen LogP contribution >= 0.6 is 11.3 Å². The van der Waals surface area contributed by atoms with Gasteiger partial charge in [-0.1, -0.05) is 0 Å². The summed E-state index contributed by atoms with van der Waals surface area (Å²) < 4.78 is 6.80. The van der Waals surface area contributed by atoms with E-state index in [0.29, 0.717) is 6.04 Å². The van der Waals surface area contributed by atoms with Crippen molar-refractivity contribution in [1.82, 2.24) is 29.7 Å². The summed E-state index contributed by atoms with van der Waals surface area (Å²) in [7, 11) is 4.39. The van der Waals surface area contributed by atoms with E-state index in [1.54, 1.807) is 6.20 Å². The topological polar surface area (TPSA) is 73.4 Å². The van der Waals surface area contributed by atoms with Crippen LogP contribution in [0.1, 0.15) is 17.7 Å². The summed E-state index contributed by atoms with van der Waals surface area (Å²) in [5, 5.41) is 1.05. The highest BCUT2D eigenvalue weighted by molar-refractivity contribution is 7.19. The average molecular weight is 478 g/mol. The molecule has 0 atom stereocenters.